The van der Waals surface area contributed by atoms with Crippen LogP contribution in [0.3, 0.4) is 0 Å². The molecular formula is C36H40N2O10. The summed E-state index contributed by atoms with van der Waals surface area (Å²) in [6, 6.07) is 24.9. The molecule has 0 aliphatic rings. The summed E-state index contributed by atoms with van der Waals surface area (Å²) < 4.78 is 11.0. The molecule has 254 valence electrons. The van der Waals surface area contributed by atoms with Crippen LogP contribution in [0.1, 0.15) is 47.3 Å². The Kier molecular flexibility index (Phi) is 13.2. The molecule has 4 atom stereocenters. The average Bonchev–Trinajstić information content (AvgIpc) is 3.08. The van der Waals surface area contributed by atoms with Crippen LogP contribution >= 0.6 is 0 Å². The number of nitrogens with one attached hydrogen (secondary N) is 2. The van der Waals surface area contributed by atoms with Gasteiger partial charge in [-0.25, -0.2) is 9.59 Å². The second-order valence-electron chi connectivity index (χ2n) is 11.2. The molecule has 4 rings (SSSR count). The molecular weight excluding hydrogens is 620 g/mol. The van der Waals surface area contributed by atoms with Crippen molar-refractivity contribution >= 4 is 11.9 Å². The maximum absolute atomic E-state index is 13.0. The number of aromatic hydroxyl groups is 4. The molecule has 0 aromatic heterocycles. The van der Waals surface area contributed by atoms with E-state index < -0.39 is 36.6 Å². The first kappa shape index (κ1) is 35.7. The number of aryl methyl sites for hydroxylation is 2. The molecule has 0 amide bonds. The van der Waals surface area contributed by atoms with E-state index in [1.165, 1.54) is 48.5 Å². The largest absolute Gasteiger partial charge is 0.508 e. The minimum Gasteiger partial charge on any atom is -0.508 e. The summed E-state index contributed by atoms with van der Waals surface area (Å²) in [4.78, 5) is 26.0. The zero-order valence-corrected chi connectivity index (χ0v) is 26.1. The summed E-state index contributed by atoms with van der Waals surface area (Å²) in [7, 11) is 0. The van der Waals surface area contributed by atoms with E-state index in [1.807, 2.05) is 0 Å². The molecule has 0 fully saturated rings. The summed E-state index contributed by atoms with van der Waals surface area (Å²) in [6.07, 6.45) is -2.80. The van der Waals surface area contributed by atoms with Gasteiger partial charge in [-0.05, 0) is 83.6 Å². The molecule has 0 bridgehead atoms. The number of benzene rings is 4. The van der Waals surface area contributed by atoms with E-state index in [0.29, 0.717) is 24.0 Å². The number of aliphatic hydroxyl groups is 2. The Morgan fingerprint density at radius 1 is 0.500 bits per heavy atom. The Morgan fingerprint density at radius 2 is 0.792 bits per heavy atom. The first-order chi connectivity index (χ1) is 23.0. The summed E-state index contributed by atoms with van der Waals surface area (Å²) in [5.74, 6) is -2.25. The fourth-order valence-corrected chi connectivity index (χ4v) is 4.80. The van der Waals surface area contributed by atoms with Gasteiger partial charge in [-0.15, -0.1) is 0 Å². The molecule has 4 aromatic rings. The maximum atomic E-state index is 13.0. The van der Waals surface area contributed by atoms with E-state index in [9.17, 15) is 40.2 Å². The molecule has 0 aliphatic heterocycles. The van der Waals surface area contributed by atoms with E-state index in [2.05, 4.69) is 10.6 Å². The minimum atomic E-state index is -1.27. The minimum absolute atomic E-state index is 0.0424. The van der Waals surface area contributed by atoms with Crippen LogP contribution in [0.2, 0.25) is 0 Å². The van der Waals surface area contributed by atoms with E-state index in [4.69, 9.17) is 9.47 Å². The number of carbonyl (C=O) groups is 2. The highest BCUT2D eigenvalue weighted by atomic mass is 16.6. The topological polar surface area (TPSA) is 198 Å². The smallest absolute Gasteiger partial charge is 0.419 e. The number of carbonyl (C=O) groups excluding carboxylic acids is 2. The molecule has 12 heteroatoms. The van der Waals surface area contributed by atoms with Crippen molar-refractivity contribution in [3.8, 4) is 23.0 Å². The Hall–Kier alpha value is -5.14. The standard InChI is InChI=1S/C36H40N2O10/c39-27-11-1-23(2-12-27)5-19-33(37-21-31(43)25-7-15-29(41)16-8-25)47-35(45)36(46)48-34(20-6-24-3-13-28(40)14-4-24)38-22-32(44)26-9-17-30(42)18-10-26/h1-4,7-18,31-34,37-44H,5-6,19-22H2/t31?,32?,33-,34-/m1/s1. The molecule has 12 nitrogen and oxygen atoms in total. The zero-order chi connectivity index (χ0) is 34.5. The third-order valence-electron chi connectivity index (χ3n) is 7.56. The van der Waals surface area contributed by atoms with Crippen molar-refractivity contribution in [3.63, 3.8) is 0 Å². The van der Waals surface area contributed by atoms with Crippen LogP contribution in [0.4, 0.5) is 0 Å². The van der Waals surface area contributed by atoms with Crippen LogP contribution in [-0.4, -0.2) is 68.1 Å². The molecule has 0 aliphatic carbocycles. The summed E-state index contributed by atoms with van der Waals surface area (Å²) in [5, 5.41) is 65.5. The lowest BCUT2D eigenvalue weighted by molar-refractivity contribution is -0.176. The van der Waals surface area contributed by atoms with E-state index >= 15 is 0 Å². The van der Waals surface area contributed by atoms with Crippen LogP contribution in [0.5, 0.6) is 23.0 Å². The SMILES string of the molecule is O=C(O[C@H](CCc1ccc(O)cc1)NCC(O)c1ccc(O)cc1)C(=O)O[C@H](CCc1ccc(O)cc1)NCC(O)c1ccc(O)cc1. The number of rotatable bonds is 16. The molecule has 4 aromatic carbocycles. The van der Waals surface area contributed by atoms with Crippen molar-refractivity contribution in [1.82, 2.24) is 10.6 Å². The molecule has 0 spiro atoms. The van der Waals surface area contributed by atoms with Crippen molar-refractivity contribution < 1.29 is 49.7 Å². The lowest BCUT2D eigenvalue weighted by Crippen LogP contribution is -2.42. The number of ether oxygens (including phenoxy) is 2. The van der Waals surface area contributed by atoms with Crippen molar-refractivity contribution in [1.29, 1.82) is 0 Å². The predicted molar refractivity (Wildman–Crippen MR) is 175 cm³/mol. The molecule has 0 saturated heterocycles. The first-order valence-corrected chi connectivity index (χ1v) is 15.4. The van der Waals surface area contributed by atoms with Crippen LogP contribution < -0.4 is 10.6 Å². The van der Waals surface area contributed by atoms with Crippen LogP contribution in [0.15, 0.2) is 97.1 Å². The van der Waals surface area contributed by atoms with Gasteiger partial charge in [-0.1, -0.05) is 48.5 Å². The van der Waals surface area contributed by atoms with Gasteiger partial charge in [-0.2, -0.15) is 0 Å². The van der Waals surface area contributed by atoms with Gasteiger partial charge in [0.1, 0.15) is 23.0 Å². The van der Waals surface area contributed by atoms with Crippen molar-refractivity contribution in [2.75, 3.05) is 13.1 Å². The maximum Gasteiger partial charge on any atom is 0.419 e. The van der Waals surface area contributed by atoms with Gasteiger partial charge < -0.3 is 40.1 Å². The van der Waals surface area contributed by atoms with Crippen LogP contribution in [0, 0.1) is 0 Å². The predicted octanol–water partition coefficient (Wildman–Crippen LogP) is 3.46. The van der Waals surface area contributed by atoms with Gasteiger partial charge in [0.05, 0.1) is 12.2 Å². The van der Waals surface area contributed by atoms with Crippen LogP contribution in [-0.2, 0) is 31.9 Å². The second-order valence-corrected chi connectivity index (χ2v) is 11.2. The Bertz CT molecular complexity index is 1460. The van der Waals surface area contributed by atoms with Gasteiger partial charge in [0.15, 0.2) is 12.5 Å². The third-order valence-corrected chi connectivity index (χ3v) is 7.56. The highest BCUT2D eigenvalue weighted by molar-refractivity contribution is 6.29. The van der Waals surface area contributed by atoms with Crippen LogP contribution in [0.25, 0.3) is 0 Å². The van der Waals surface area contributed by atoms with Crippen molar-refractivity contribution in [3.05, 3.63) is 119 Å². The summed E-state index contributed by atoms with van der Waals surface area (Å²) >= 11 is 0. The molecule has 0 radical (unpaired) electrons. The zero-order valence-electron chi connectivity index (χ0n) is 26.1. The Labute approximate surface area is 277 Å². The third kappa shape index (κ3) is 11.6. The molecule has 48 heavy (non-hydrogen) atoms. The fraction of sp³-hybridized carbons (Fsp3) is 0.278. The van der Waals surface area contributed by atoms with E-state index in [1.54, 1.807) is 48.5 Å². The highest BCUT2D eigenvalue weighted by Crippen LogP contribution is 2.19. The fourth-order valence-electron chi connectivity index (χ4n) is 4.80. The molecule has 2 unspecified atom stereocenters. The number of phenols is 4. The molecule has 0 heterocycles. The Balaban J connectivity index is 1.40. The van der Waals surface area contributed by atoms with E-state index in [0.717, 1.165) is 11.1 Å². The monoisotopic (exact) mass is 660 g/mol. The molecule has 8 N–H and O–H groups in total. The summed E-state index contributed by atoms with van der Waals surface area (Å²) in [5.41, 5.74) is 2.70. The number of phenolic OH excluding ortho intramolecular Hbond substituents is 4. The summed E-state index contributed by atoms with van der Waals surface area (Å²) in [6.45, 7) is -0.0847. The lowest BCUT2D eigenvalue weighted by Gasteiger charge is -2.23. The lowest BCUT2D eigenvalue weighted by atomic mass is 10.1. The van der Waals surface area contributed by atoms with Gasteiger partial charge in [-0.3, -0.25) is 10.6 Å². The first-order valence-electron chi connectivity index (χ1n) is 15.4. The second kappa shape index (κ2) is 17.7. The number of hydrogen-bond donors (Lipinski definition) is 8. The Morgan fingerprint density at radius 3 is 1.10 bits per heavy atom. The average molecular weight is 661 g/mol. The molecule has 0 saturated carbocycles. The number of hydrogen-bond acceptors (Lipinski definition) is 12. The number of aliphatic hydroxyl groups excluding tert-OH is 2. The number of esters is 2. The van der Waals surface area contributed by atoms with Gasteiger partial charge in [0, 0.05) is 25.9 Å². The van der Waals surface area contributed by atoms with Crippen molar-refractivity contribution in [2.24, 2.45) is 0 Å². The quantitative estimate of drug-likeness (QED) is 0.0496. The van der Waals surface area contributed by atoms with Gasteiger partial charge in [0.25, 0.3) is 0 Å². The van der Waals surface area contributed by atoms with Gasteiger partial charge >= 0.3 is 11.9 Å². The van der Waals surface area contributed by atoms with Crippen molar-refractivity contribution in [2.45, 2.75) is 50.3 Å². The highest BCUT2D eigenvalue weighted by Gasteiger charge is 2.27. The van der Waals surface area contributed by atoms with E-state index in [-0.39, 0.29) is 48.9 Å². The normalized spacial score (nSPS) is 13.6. The van der Waals surface area contributed by atoms with Gasteiger partial charge in [0.2, 0.25) is 0 Å².